The van der Waals surface area contributed by atoms with Gasteiger partial charge in [-0.25, -0.2) is 0 Å². The van der Waals surface area contributed by atoms with Crippen LogP contribution in [-0.4, -0.2) is 0 Å². The van der Waals surface area contributed by atoms with Gasteiger partial charge in [0.15, 0.2) is 0 Å². The van der Waals surface area contributed by atoms with Gasteiger partial charge in [-0.05, 0) is 35.4 Å². The van der Waals surface area contributed by atoms with Gasteiger partial charge in [-0.15, -0.1) is 0 Å². The molecule has 1 nitrogen and oxygen atoms in total. The minimum atomic E-state index is -4.27. The van der Waals surface area contributed by atoms with Crippen LogP contribution >= 0.6 is 0 Å². The van der Waals surface area contributed by atoms with Crippen molar-refractivity contribution in [2.45, 2.75) is 19.3 Å². The number of fused-ring (bicyclic) bond motifs is 1. The van der Waals surface area contributed by atoms with Gasteiger partial charge in [-0.2, -0.15) is 13.2 Å². The molecule has 0 amide bonds. The van der Waals surface area contributed by atoms with Gasteiger partial charge in [0.2, 0.25) is 0 Å². The average molecular weight is 263 g/mol. The second-order valence-corrected chi connectivity index (χ2v) is 4.67. The zero-order valence-electron chi connectivity index (χ0n) is 10.1. The second kappa shape index (κ2) is 4.30. The highest BCUT2D eigenvalue weighted by Crippen LogP contribution is 2.32. The van der Waals surface area contributed by atoms with Crippen LogP contribution in [0.2, 0.25) is 0 Å². The zero-order valence-corrected chi connectivity index (χ0v) is 10.1. The lowest BCUT2D eigenvalue weighted by Crippen LogP contribution is -2.14. The van der Waals surface area contributed by atoms with Crippen LogP contribution in [-0.2, 0) is 19.3 Å². The van der Waals surface area contributed by atoms with Crippen LogP contribution in [0.5, 0.6) is 0 Å². The largest absolute Gasteiger partial charge is 0.416 e. The van der Waals surface area contributed by atoms with Crippen LogP contribution in [0.25, 0.3) is 0 Å². The quantitative estimate of drug-likeness (QED) is 0.744. The molecule has 0 saturated heterocycles. The molecule has 0 aromatic heterocycles. The molecule has 0 unspecified atom stereocenters. The van der Waals surface area contributed by atoms with Gasteiger partial charge in [-0.1, -0.05) is 24.3 Å². The van der Waals surface area contributed by atoms with Crippen LogP contribution in [0.15, 0.2) is 48.5 Å². The maximum absolute atomic E-state index is 12.5. The van der Waals surface area contributed by atoms with Crippen molar-refractivity contribution in [2.75, 3.05) is 4.90 Å². The predicted octanol–water partition coefficient (Wildman–Crippen LogP) is 4.23. The number of anilines is 1. The van der Waals surface area contributed by atoms with Crippen LogP contribution < -0.4 is 4.90 Å². The van der Waals surface area contributed by atoms with Crippen LogP contribution in [0.3, 0.4) is 0 Å². The fraction of sp³-hybridized carbons (Fsp3) is 0.200. The normalized spacial score (nSPS) is 14.6. The lowest BCUT2D eigenvalue weighted by Gasteiger charge is -2.18. The van der Waals surface area contributed by atoms with E-state index in [2.05, 4.69) is 17.0 Å². The third-order valence-electron chi connectivity index (χ3n) is 3.40. The van der Waals surface area contributed by atoms with Crippen molar-refractivity contribution in [1.29, 1.82) is 0 Å². The molecule has 19 heavy (non-hydrogen) atoms. The fourth-order valence-electron chi connectivity index (χ4n) is 2.38. The van der Waals surface area contributed by atoms with Crippen LogP contribution in [0, 0.1) is 0 Å². The van der Waals surface area contributed by atoms with E-state index in [0.29, 0.717) is 0 Å². The maximum atomic E-state index is 12.5. The Balaban J connectivity index is 1.82. The Morgan fingerprint density at radius 2 is 1.32 bits per heavy atom. The van der Waals surface area contributed by atoms with Crippen molar-refractivity contribution < 1.29 is 13.2 Å². The van der Waals surface area contributed by atoms with E-state index in [-0.39, 0.29) is 0 Å². The first-order valence-electron chi connectivity index (χ1n) is 6.03. The summed E-state index contributed by atoms with van der Waals surface area (Å²) < 4.78 is 37.5. The molecular formula is C15H12F3N. The van der Waals surface area contributed by atoms with E-state index in [1.54, 1.807) is 0 Å². The van der Waals surface area contributed by atoms with Gasteiger partial charge in [0, 0.05) is 18.8 Å². The number of rotatable bonds is 1. The van der Waals surface area contributed by atoms with E-state index < -0.39 is 11.7 Å². The van der Waals surface area contributed by atoms with Gasteiger partial charge in [0.1, 0.15) is 0 Å². The van der Waals surface area contributed by atoms with Gasteiger partial charge >= 0.3 is 6.18 Å². The predicted molar refractivity (Wildman–Crippen MR) is 67.8 cm³/mol. The minimum absolute atomic E-state index is 0.604. The first-order valence-corrected chi connectivity index (χ1v) is 6.03. The van der Waals surface area contributed by atoms with Crippen molar-refractivity contribution in [3.05, 3.63) is 65.2 Å². The number of hydrogen-bond acceptors (Lipinski definition) is 1. The monoisotopic (exact) mass is 263 g/mol. The molecule has 0 N–H and O–H groups in total. The van der Waals surface area contributed by atoms with Gasteiger partial charge in [-0.3, -0.25) is 0 Å². The summed E-state index contributed by atoms with van der Waals surface area (Å²) in [6.45, 7) is 1.50. The molecule has 0 radical (unpaired) electrons. The first kappa shape index (κ1) is 12.1. The summed E-state index contributed by atoms with van der Waals surface area (Å²) in [5.41, 5.74) is 2.70. The molecule has 1 aliphatic rings. The lowest BCUT2D eigenvalue weighted by molar-refractivity contribution is -0.137. The Morgan fingerprint density at radius 1 is 0.789 bits per heavy atom. The van der Waals surface area contributed by atoms with Gasteiger partial charge in [0.05, 0.1) is 5.56 Å². The minimum Gasteiger partial charge on any atom is -0.363 e. The Kier molecular flexibility index (Phi) is 2.73. The highest BCUT2D eigenvalue weighted by atomic mass is 19.4. The molecule has 0 atom stereocenters. The highest BCUT2D eigenvalue weighted by molar-refractivity contribution is 5.52. The average Bonchev–Trinajstić information content (AvgIpc) is 2.81. The number of alkyl halides is 3. The SMILES string of the molecule is FC(F)(F)c1ccc(N2Cc3ccccc3C2)cc1. The topological polar surface area (TPSA) is 3.24 Å². The summed E-state index contributed by atoms with van der Waals surface area (Å²) in [6.07, 6.45) is -4.27. The summed E-state index contributed by atoms with van der Waals surface area (Å²) in [4.78, 5) is 2.07. The smallest absolute Gasteiger partial charge is 0.363 e. The van der Waals surface area contributed by atoms with E-state index in [4.69, 9.17) is 0 Å². The molecule has 0 spiro atoms. The van der Waals surface area contributed by atoms with E-state index >= 15 is 0 Å². The number of benzene rings is 2. The Hall–Kier alpha value is -1.97. The molecule has 98 valence electrons. The van der Waals surface area contributed by atoms with E-state index in [0.717, 1.165) is 30.9 Å². The summed E-state index contributed by atoms with van der Waals surface area (Å²) in [5, 5.41) is 0. The molecule has 3 rings (SSSR count). The van der Waals surface area contributed by atoms with Crippen molar-refractivity contribution >= 4 is 5.69 Å². The molecule has 2 aromatic rings. The molecule has 1 aliphatic heterocycles. The molecule has 0 saturated carbocycles. The molecule has 2 aromatic carbocycles. The molecule has 0 bridgehead atoms. The zero-order chi connectivity index (χ0) is 13.5. The summed E-state index contributed by atoms with van der Waals surface area (Å²) in [7, 11) is 0. The fourth-order valence-corrected chi connectivity index (χ4v) is 2.38. The standard InChI is InChI=1S/C15H12F3N/c16-15(17,18)13-5-7-14(8-6-13)19-9-11-3-1-2-4-12(11)10-19/h1-8H,9-10H2. The molecular weight excluding hydrogens is 251 g/mol. The van der Waals surface area contributed by atoms with Crippen molar-refractivity contribution in [3.63, 3.8) is 0 Å². The summed E-state index contributed by atoms with van der Waals surface area (Å²) in [6, 6.07) is 13.4. The Morgan fingerprint density at radius 3 is 1.79 bits per heavy atom. The van der Waals surface area contributed by atoms with Crippen molar-refractivity contribution in [3.8, 4) is 0 Å². The second-order valence-electron chi connectivity index (χ2n) is 4.67. The molecule has 1 heterocycles. The van der Waals surface area contributed by atoms with Crippen molar-refractivity contribution in [2.24, 2.45) is 0 Å². The Labute approximate surface area is 109 Å². The first-order chi connectivity index (χ1) is 9.04. The molecule has 4 heteroatoms. The van der Waals surface area contributed by atoms with Gasteiger partial charge < -0.3 is 4.90 Å². The summed E-state index contributed by atoms with van der Waals surface area (Å²) in [5.74, 6) is 0. The third-order valence-corrected chi connectivity index (χ3v) is 3.40. The number of hydrogen-bond donors (Lipinski definition) is 0. The van der Waals surface area contributed by atoms with Crippen LogP contribution in [0.1, 0.15) is 16.7 Å². The Bertz CT molecular complexity index is 562. The van der Waals surface area contributed by atoms with Crippen LogP contribution in [0.4, 0.5) is 18.9 Å². The highest BCUT2D eigenvalue weighted by Gasteiger charge is 2.30. The molecule has 0 fully saturated rings. The summed E-state index contributed by atoms with van der Waals surface area (Å²) >= 11 is 0. The maximum Gasteiger partial charge on any atom is 0.416 e. The van der Waals surface area contributed by atoms with E-state index in [9.17, 15) is 13.2 Å². The number of nitrogens with zero attached hydrogens (tertiary/aromatic N) is 1. The number of halogens is 3. The van der Waals surface area contributed by atoms with E-state index in [1.807, 2.05) is 12.1 Å². The van der Waals surface area contributed by atoms with Crippen molar-refractivity contribution in [1.82, 2.24) is 0 Å². The van der Waals surface area contributed by atoms with Gasteiger partial charge in [0.25, 0.3) is 0 Å². The van der Waals surface area contributed by atoms with E-state index in [1.165, 1.54) is 23.3 Å². The lowest BCUT2D eigenvalue weighted by atomic mass is 10.1. The molecule has 0 aliphatic carbocycles. The third kappa shape index (κ3) is 2.30.